The number of nitrogens with zero attached hydrogens (tertiary/aromatic N) is 1. The van der Waals surface area contributed by atoms with E-state index in [9.17, 15) is 14.9 Å². The molecule has 2 N–H and O–H groups in total. The van der Waals surface area contributed by atoms with Gasteiger partial charge in [-0.05, 0) is 25.1 Å². The Morgan fingerprint density at radius 3 is 2.38 bits per heavy atom. The van der Waals surface area contributed by atoms with E-state index in [2.05, 4.69) is 10.6 Å². The molecule has 0 bridgehead atoms. The number of amides is 1. The van der Waals surface area contributed by atoms with Gasteiger partial charge in [0.25, 0.3) is 11.6 Å². The first-order valence-electron chi connectivity index (χ1n) is 6.51. The van der Waals surface area contributed by atoms with E-state index in [1.54, 1.807) is 30.3 Å². The van der Waals surface area contributed by atoms with Gasteiger partial charge >= 0.3 is 0 Å². The van der Waals surface area contributed by atoms with Gasteiger partial charge in [-0.15, -0.1) is 0 Å². The van der Waals surface area contributed by atoms with Crippen LogP contribution in [0.2, 0.25) is 0 Å². The average molecular weight is 285 g/mol. The van der Waals surface area contributed by atoms with Crippen LogP contribution in [0.15, 0.2) is 48.5 Å². The highest BCUT2D eigenvalue weighted by atomic mass is 16.6. The van der Waals surface area contributed by atoms with Crippen molar-refractivity contribution in [2.75, 3.05) is 17.2 Å². The van der Waals surface area contributed by atoms with Crippen molar-refractivity contribution in [2.45, 2.75) is 6.92 Å². The SMILES string of the molecule is CCNc1ccccc1C(=O)Nc1ccccc1[N+](=O)[O-]. The van der Waals surface area contributed by atoms with Crippen LogP contribution in [0.3, 0.4) is 0 Å². The second kappa shape index (κ2) is 6.51. The van der Waals surface area contributed by atoms with Crippen molar-refractivity contribution in [3.05, 3.63) is 64.2 Å². The highest BCUT2D eigenvalue weighted by Crippen LogP contribution is 2.25. The summed E-state index contributed by atoms with van der Waals surface area (Å²) in [5.41, 5.74) is 1.18. The zero-order valence-corrected chi connectivity index (χ0v) is 11.5. The quantitative estimate of drug-likeness (QED) is 0.652. The first-order chi connectivity index (χ1) is 10.1. The highest BCUT2D eigenvalue weighted by Gasteiger charge is 2.17. The molecule has 0 unspecified atom stereocenters. The topological polar surface area (TPSA) is 84.3 Å². The zero-order chi connectivity index (χ0) is 15.2. The Labute approximate surface area is 121 Å². The van der Waals surface area contributed by atoms with Crippen LogP contribution in [0.4, 0.5) is 17.1 Å². The Morgan fingerprint density at radius 1 is 1.10 bits per heavy atom. The minimum atomic E-state index is -0.522. The van der Waals surface area contributed by atoms with E-state index in [0.717, 1.165) is 0 Å². The van der Waals surface area contributed by atoms with Crippen LogP contribution < -0.4 is 10.6 Å². The molecule has 21 heavy (non-hydrogen) atoms. The first kappa shape index (κ1) is 14.5. The van der Waals surface area contributed by atoms with Gasteiger partial charge in [0.1, 0.15) is 5.69 Å². The van der Waals surface area contributed by atoms with Crippen molar-refractivity contribution < 1.29 is 9.72 Å². The Morgan fingerprint density at radius 2 is 1.71 bits per heavy atom. The van der Waals surface area contributed by atoms with Crippen molar-refractivity contribution in [2.24, 2.45) is 0 Å². The van der Waals surface area contributed by atoms with Gasteiger partial charge in [0, 0.05) is 18.3 Å². The van der Waals surface area contributed by atoms with Gasteiger partial charge in [0.15, 0.2) is 0 Å². The molecule has 6 nitrogen and oxygen atoms in total. The van der Waals surface area contributed by atoms with E-state index in [4.69, 9.17) is 0 Å². The summed E-state index contributed by atoms with van der Waals surface area (Å²) in [5, 5.41) is 16.6. The number of nitro benzene ring substituents is 1. The molecule has 0 aromatic heterocycles. The van der Waals surface area contributed by atoms with Crippen LogP contribution in [0.25, 0.3) is 0 Å². The predicted molar refractivity (Wildman–Crippen MR) is 81.7 cm³/mol. The summed E-state index contributed by atoms with van der Waals surface area (Å²) >= 11 is 0. The largest absolute Gasteiger partial charge is 0.385 e. The molecule has 0 fully saturated rings. The van der Waals surface area contributed by atoms with E-state index in [1.807, 2.05) is 13.0 Å². The van der Waals surface area contributed by atoms with Crippen LogP contribution in [0, 0.1) is 10.1 Å². The number of carbonyl (C=O) groups is 1. The summed E-state index contributed by atoms with van der Waals surface area (Å²) in [4.78, 5) is 22.7. The van der Waals surface area contributed by atoms with Gasteiger partial charge in [0.2, 0.25) is 0 Å². The number of nitro groups is 1. The van der Waals surface area contributed by atoms with E-state index < -0.39 is 4.92 Å². The van der Waals surface area contributed by atoms with Crippen molar-refractivity contribution in [3.8, 4) is 0 Å². The highest BCUT2D eigenvalue weighted by molar-refractivity contribution is 6.08. The molecule has 0 aliphatic heterocycles. The van der Waals surface area contributed by atoms with Gasteiger partial charge < -0.3 is 10.6 Å². The minimum absolute atomic E-state index is 0.133. The first-order valence-corrected chi connectivity index (χ1v) is 6.51. The lowest BCUT2D eigenvalue weighted by Crippen LogP contribution is -2.15. The third-order valence-electron chi connectivity index (χ3n) is 2.89. The molecule has 2 aromatic rings. The lowest BCUT2D eigenvalue weighted by Gasteiger charge is -2.11. The lowest BCUT2D eigenvalue weighted by atomic mass is 10.1. The standard InChI is InChI=1S/C15H15N3O3/c1-2-16-12-8-4-3-7-11(12)15(19)17-13-9-5-6-10-14(13)18(20)21/h3-10,16H,2H2,1H3,(H,17,19). The Hall–Kier alpha value is -2.89. The van der Waals surface area contributed by atoms with E-state index in [-0.39, 0.29) is 17.3 Å². The summed E-state index contributed by atoms with van der Waals surface area (Å²) in [6, 6.07) is 13.1. The normalized spacial score (nSPS) is 9.95. The van der Waals surface area contributed by atoms with Crippen LogP contribution in [-0.2, 0) is 0 Å². The third kappa shape index (κ3) is 3.36. The predicted octanol–water partition coefficient (Wildman–Crippen LogP) is 3.28. The molecule has 108 valence electrons. The van der Waals surface area contributed by atoms with Gasteiger partial charge in [-0.2, -0.15) is 0 Å². The smallest absolute Gasteiger partial charge is 0.292 e. The van der Waals surface area contributed by atoms with Crippen molar-refractivity contribution in [1.29, 1.82) is 0 Å². The summed E-state index contributed by atoms with van der Waals surface area (Å²) in [6.45, 7) is 2.60. The number of benzene rings is 2. The fraction of sp³-hybridized carbons (Fsp3) is 0.133. The molecule has 6 heteroatoms. The number of carbonyl (C=O) groups excluding carboxylic acids is 1. The molecule has 0 aliphatic carbocycles. The van der Waals surface area contributed by atoms with Crippen molar-refractivity contribution in [1.82, 2.24) is 0 Å². The fourth-order valence-corrected chi connectivity index (χ4v) is 1.95. The second-order valence-corrected chi connectivity index (χ2v) is 4.30. The number of para-hydroxylation sites is 3. The summed E-state index contributed by atoms with van der Waals surface area (Å²) in [6.07, 6.45) is 0. The maximum absolute atomic E-state index is 12.3. The van der Waals surface area contributed by atoms with E-state index >= 15 is 0 Å². The Bertz CT molecular complexity index is 671. The second-order valence-electron chi connectivity index (χ2n) is 4.30. The molecule has 0 aliphatic rings. The number of anilines is 2. The van der Waals surface area contributed by atoms with Crippen LogP contribution >= 0.6 is 0 Å². The minimum Gasteiger partial charge on any atom is -0.385 e. The van der Waals surface area contributed by atoms with Gasteiger partial charge in [-0.1, -0.05) is 24.3 Å². The van der Waals surface area contributed by atoms with E-state index in [0.29, 0.717) is 17.8 Å². The summed E-state index contributed by atoms with van der Waals surface area (Å²) in [5.74, 6) is -0.388. The van der Waals surface area contributed by atoms with Crippen LogP contribution in [0.5, 0.6) is 0 Å². The number of hydrogen-bond acceptors (Lipinski definition) is 4. The molecule has 0 saturated heterocycles. The van der Waals surface area contributed by atoms with Gasteiger partial charge in [-0.25, -0.2) is 0 Å². The fourth-order valence-electron chi connectivity index (χ4n) is 1.95. The molecule has 0 spiro atoms. The van der Waals surface area contributed by atoms with Crippen molar-refractivity contribution >= 4 is 23.0 Å². The molecular weight excluding hydrogens is 270 g/mol. The average Bonchev–Trinajstić information content (AvgIpc) is 2.48. The van der Waals surface area contributed by atoms with Crippen LogP contribution in [-0.4, -0.2) is 17.4 Å². The monoisotopic (exact) mass is 285 g/mol. The van der Waals surface area contributed by atoms with Gasteiger partial charge in [0.05, 0.1) is 10.5 Å². The summed E-state index contributed by atoms with van der Waals surface area (Å²) < 4.78 is 0. The summed E-state index contributed by atoms with van der Waals surface area (Å²) in [7, 11) is 0. The number of rotatable bonds is 5. The van der Waals surface area contributed by atoms with Crippen molar-refractivity contribution in [3.63, 3.8) is 0 Å². The van der Waals surface area contributed by atoms with E-state index in [1.165, 1.54) is 12.1 Å². The lowest BCUT2D eigenvalue weighted by molar-refractivity contribution is -0.383. The Balaban J connectivity index is 2.29. The molecule has 2 rings (SSSR count). The van der Waals surface area contributed by atoms with Crippen LogP contribution in [0.1, 0.15) is 17.3 Å². The third-order valence-corrected chi connectivity index (χ3v) is 2.89. The molecule has 0 radical (unpaired) electrons. The van der Waals surface area contributed by atoms with Gasteiger partial charge in [-0.3, -0.25) is 14.9 Å². The molecule has 0 saturated carbocycles. The molecule has 2 aromatic carbocycles. The maximum atomic E-state index is 12.3. The zero-order valence-electron chi connectivity index (χ0n) is 11.5. The number of nitrogens with one attached hydrogen (secondary N) is 2. The maximum Gasteiger partial charge on any atom is 0.292 e. The number of hydrogen-bond donors (Lipinski definition) is 2. The molecule has 0 atom stereocenters. The Kier molecular flexibility index (Phi) is 4.50. The molecular formula is C15H15N3O3. The molecule has 1 amide bonds. The molecule has 0 heterocycles.